The average molecular weight is 220 g/mol. The maximum absolute atomic E-state index is 11.6. The molecule has 0 fully saturated rings. The zero-order chi connectivity index (χ0) is 11.4. The Labute approximate surface area is 92.1 Å². The van der Waals surface area contributed by atoms with Crippen molar-refractivity contribution < 1.29 is 9.32 Å². The van der Waals surface area contributed by atoms with Crippen LogP contribution in [0.2, 0.25) is 0 Å². The number of hydrogen-bond donors (Lipinski definition) is 2. The number of hydrogen-bond acceptors (Lipinski definition) is 4. The Bertz CT molecular complexity index is 461. The number of rotatable bonds is 4. The monoisotopic (exact) mass is 220 g/mol. The molecule has 0 saturated carbocycles. The topological polar surface area (TPSA) is 83.8 Å². The lowest BCUT2D eigenvalue weighted by atomic mass is 10.2. The molecule has 2 rings (SSSR count). The molecule has 2 N–H and O–H groups in total. The highest BCUT2D eigenvalue weighted by Gasteiger charge is 2.11. The first-order valence-corrected chi connectivity index (χ1v) is 4.95. The number of nitrogens with zero attached hydrogens (tertiary/aromatic N) is 2. The maximum Gasteiger partial charge on any atom is 0.256 e. The minimum absolute atomic E-state index is 0.176. The molecule has 2 aromatic rings. The van der Waals surface area contributed by atoms with E-state index >= 15 is 0 Å². The van der Waals surface area contributed by atoms with Crippen LogP contribution < -0.4 is 5.32 Å². The third kappa shape index (κ3) is 2.28. The van der Waals surface area contributed by atoms with E-state index in [1.54, 1.807) is 19.3 Å². The van der Waals surface area contributed by atoms with Crippen molar-refractivity contribution in [3.63, 3.8) is 0 Å². The SMILES string of the molecule is Cc1oncc1C(=O)NCCc1ncc[nH]1. The number of amides is 1. The van der Waals surface area contributed by atoms with Gasteiger partial charge < -0.3 is 14.8 Å². The Hall–Kier alpha value is -2.11. The number of carbonyl (C=O) groups is 1. The van der Waals surface area contributed by atoms with Crippen LogP contribution in [0.25, 0.3) is 0 Å². The third-order valence-electron chi connectivity index (χ3n) is 2.20. The predicted octanol–water partition coefficient (Wildman–Crippen LogP) is 0.679. The molecule has 6 heteroatoms. The number of aryl methyl sites for hydroxylation is 1. The standard InChI is InChI=1S/C10H12N4O2/c1-7-8(6-14-16-7)10(15)13-3-2-9-11-4-5-12-9/h4-6H,2-3H2,1H3,(H,11,12)(H,13,15). The fourth-order valence-electron chi connectivity index (χ4n) is 1.34. The van der Waals surface area contributed by atoms with E-state index in [-0.39, 0.29) is 5.91 Å². The van der Waals surface area contributed by atoms with Crippen molar-refractivity contribution in [2.45, 2.75) is 13.3 Å². The minimum atomic E-state index is -0.176. The van der Waals surface area contributed by atoms with E-state index in [1.165, 1.54) is 6.20 Å². The summed E-state index contributed by atoms with van der Waals surface area (Å²) >= 11 is 0. The highest BCUT2D eigenvalue weighted by atomic mass is 16.5. The Morgan fingerprint density at radius 2 is 2.50 bits per heavy atom. The van der Waals surface area contributed by atoms with Crippen LogP contribution in [0.1, 0.15) is 21.9 Å². The molecule has 0 unspecified atom stereocenters. The van der Waals surface area contributed by atoms with E-state index in [1.807, 2.05) is 0 Å². The van der Waals surface area contributed by atoms with Crippen LogP contribution in [0.5, 0.6) is 0 Å². The van der Waals surface area contributed by atoms with Gasteiger partial charge in [-0.15, -0.1) is 0 Å². The van der Waals surface area contributed by atoms with Gasteiger partial charge in [-0.25, -0.2) is 4.98 Å². The molecule has 0 atom stereocenters. The summed E-state index contributed by atoms with van der Waals surface area (Å²) in [6, 6.07) is 0. The van der Waals surface area contributed by atoms with Crippen LogP contribution in [0.15, 0.2) is 23.1 Å². The number of aromatic nitrogens is 3. The molecule has 6 nitrogen and oxygen atoms in total. The van der Waals surface area contributed by atoms with Gasteiger partial charge in [-0.1, -0.05) is 5.16 Å². The van der Waals surface area contributed by atoms with Gasteiger partial charge in [0.15, 0.2) is 0 Å². The number of imidazole rings is 1. The van der Waals surface area contributed by atoms with Crippen molar-refractivity contribution in [3.8, 4) is 0 Å². The van der Waals surface area contributed by atoms with Gasteiger partial charge in [0.25, 0.3) is 5.91 Å². The van der Waals surface area contributed by atoms with Gasteiger partial charge in [-0.3, -0.25) is 4.79 Å². The van der Waals surface area contributed by atoms with Crippen molar-refractivity contribution in [2.75, 3.05) is 6.54 Å². The van der Waals surface area contributed by atoms with Crippen molar-refractivity contribution in [1.29, 1.82) is 0 Å². The number of aromatic amines is 1. The summed E-state index contributed by atoms with van der Waals surface area (Å²) in [5.74, 6) is 1.20. The van der Waals surface area contributed by atoms with E-state index in [4.69, 9.17) is 4.52 Å². The first-order chi connectivity index (χ1) is 7.77. The number of carbonyl (C=O) groups excluding carboxylic acids is 1. The second-order valence-corrected chi connectivity index (χ2v) is 3.34. The molecule has 0 aliphatic carbocycles. The Balaban J connectivity index is 1.83. The van der Waals surface area contributed by atoms with Gasteiger partial charge in [0, 0.05) is 25.4 Å². The van der Waals surface area contributed by atoms with Gasteiger partial charge >= 0.3 is 0 Å². The fourth-order valence-corrected chi connectivity index (χ4v) is 1.34. The van der Waals surface area contributed by atoms with Crippen LogP contribution >= 0.6 is 0 Å². The average Bonchev–Trinajstić information content (AvgIpc) is 2.88. The van der Waals surface area contributed by atoms with Gasteiger partial charge in [0.2, 0.25) is 0 Å². The molecule has 0 radical (unpaired) electrons. The van der Waals surface area contributed by atoms with E-state index in [0.29, 0.717) is 24.3 Å². The third-order valence-corrected chi connectivity index (χ3v) is 2.20. The molecule has 0 aliphatic rings. The van der Waals surface area contributed by atoms with E-state index in [0.717, 1.165) is 5.82 Å². The maximum atomic E-state index is 11.6. The van der Waals surface area contributed by atoms with Crippen LogP contribution in [0.3, 0.4) is 0 Å². The van der Waals surface area contributed by atoms with Crippen LogP contribution in [-0.4, -0.2) is 27.6 Å². The molecule has 16 heavy (non-hydrogen) atoms. The predicted molar refractivity (Wildman–Crippen MR) is 55.9 cm³/mol. The number of H-pyrrole nitrogens is 1. The van der Waals surface area contributed by atoms with Crippen molar-refractivity contribution in [2.24, 2.45) is 0 Å². The molecule has 2 aromatic heterocycles. The largest absolute Gasteiger partial charge is 0.361 e. The summed E-state index contributed by atoms with van der Waals surface area (Å²) in [4.78, 5) is 18.6. The van der Waals surface area contributed by atoms with Crippen LogP contribution in [-0.2, 0) is 6.42 Å². The van der Waals surface area contributed by atoms with Crippen LogP contribution in [0, 0.1) is 6.92 Å². The molecule has 84 valence electrons. The Morgan fingerprint density at radius 3 is 3.12 bits per heavy atom. The lowest BCUT2D eigenvalue weighted by Gasteiger charge is -2.01. The van der Waals surface area contributed by atoms with Crippen molar-refractivity contribution in [1.82, 2.24) is 20.4 Å². The Morgan fingerprint density at radius 1 is 1.62 bits per heavy atom. The molecular formula is C10H12N4O2. The number of nitrogens with one attached hydrogen (secondary N) is 2. The molecule has 0 bridgehead atoms. The van der Waals surface area contributed by atoms with E-state index in [2.05, 4.69) is 20.4 Å². The second-order valence-electron chi connectivity index (χ2n) is 3.34. The van der Waals surface area contributed by atoms with E-state index in [9.17, 15) is 4.79 Å². The van der Waals surface area contributed by atoms with Crippen LogP contribution in [0.4, 0.5) is 0 Å². The summed E-state index contributed by atoms with van der Waals surface area (Å²) in [7, 11) is 0. The first kappa shape index (κ1) is 10.4. The van der Waals surface area contributed by atoms with E-state index < -0.39 is 0 Å². The highest BCUT2D eigenvalue weighted by Crippen LogP contribution is 2.04. The summed E-state index contributed by atoms with van der Waals surface area (Å²) < 4.78 is 4.81. The molecule has 0 spiro atoms. The molecule has 1 amide bonds. The van der Waals surface area contributed by atoms with Crippen molar-refractivity contribution in [3.05, 3.63) is 35.7 Å². The summed E-state index contributed by atoms with van der Waals surface area (Å²) in [6.07, 6.45) is 5.52. The zero-order valence-corrected chi connectivity index (χ0v) is 8.86. The molecule has 0 aliphatic heterocycles. The first-order valence-electron chi connectivity index (χ1n) is 4.95. The van der Waals surface area contributed by atoms with Gasteiger partial charge in [-0.2, -0.15) is 0 Å². The molecule has 0 saturated heterocycles. The molecular weight excluding hydrogens is 208 g/mol. The summed E-state index contributed by atoms with van der Waals surface area (Å²) in [5.41, 5.74) is 0.472. The highest BCUT2D eigenvalue weighted by molar-refractivity contribution is 5.94. The lowest BCUT2D eigenvalue weighted by molar-refractivity contribution is 0.0952. The molecule has 2 heterocycles. The van der Waals surface area contributed by atoms with Gasteiger partial charge in [-0.05, 0) is 6.92 Å². The quantitative estimate of drug-likeness (QED) is 0.793. The fraction of sp³-hybridized carbons (Fsp3) is 0.300. The summed E-state index contributed by atoms with van der Waals surface area (Å²) in [6.45, 7) is 2.23. The summed E-state index contributed by atoms with van der Waals surface area (Å²) in [5, 5.41) is 6.31. The minimum Gasteiger partial charge on any atom is -0.361 e. The normalized spacial score (nSPS) is 10.3. The zero-order valence-electron chi connectivity index (χ0n) is 8.86. The lowest BCUT2D eigenvalue weighted by Crippen LogP contribution is -2.26. The van der Waals surface area contributed by atoms with Gasteiger partial charge in [0.05, 0.1) is 6.20 Å². The Kier molecular flexibility index (Phi) is 3.00. The molecule has 0 aromatic carbocycles. The van der Waals surface area contributed by atoms with Gasteiger partial charge in [0.1, 0.15) is 17.1 Å². The second kappa shape index (κ2) is 4.61. The van der Waals surface area contributed by atoms with Crippen molar-refractivity contribution >= 4 is 5.91 Å². The smallest absolute Gasteiger partial charge is 0.256 e.